The predicted octanol–water partition coefficient (Wildman–Crippen LogP) is 1.86. The van der Waals surface area contributed by atoms with Crippen molar-refractivity contribution in [2.24, 2.45) is 5.92 Å². The summed E-state index contributed by atoms with van der Waals surface area (Å²) in [5, 5.41) is 19.9. The minimum Gasteiger partial charge on any atom is -0.387 e. The Balaban J connectivity index is 2.95. The van der Waals surface area contributed by atoms with E-state index in [1.807, 2.05) is 6.08 Å². The van der Waals surface area contributed by atoms with Gasteiger partial charge in [0.1, 0.15) is 5.60 Å². The van der Waals surface area contributed by atoms with E-state index in [0.29, 0.717) is 12.3 Å². The number of rotatable bonds is 1. The summed E-state index contributed by atoms with van der Waals surface area (Å²) in [6, 6.07) is 0. The molecule has 1 rings (SSSR count). The summed E-state index contributed by atoms with van der Waals surface area (Å²) in [7, 11) is 0. The molecule has 2 N–H and O–H groups in total. The van der Waals surface area contributed by atoms with E-state index in [-0.39, 0.29) is 0 Å². The Bertz CT molecular complexity index is 224. The van der Waals surface area contributed by atoms with Crippen LogP contribution in [-0.4, -0.2) is 21.4 Å². The van der Waals surface area contributed by atoms with Crippen molar-refractivity contribution in [3.63, 3.8) is 0 Å². The molecule has 0 bridgehead atoms. The largest absolute Gasteiger partial charge is 0.387 e. The first kappa shape index (κ1) is 10.7. The maximum atomic E-state index is 10.00. The zero-order valence-corrected chi connectivity index (χ0v) is 8.96. The summed E-state index contributed by atoms with van der Waals surface area (Å²) in [5.74, 6) is 0.461. The van der Waals surface area contributed by atoms with Gasteiger partial charge in [-0.25, -0.2) is 0 Å². The average molecular weight is 184 g/mol. The Morgan fingerprint density at radius 3 is 2.23 bits per heavy atom. The smallest absolute Gasteiger partial charge is 0.109 e. The Hall–Kier alpha value is -0.340. The van der Waals surface area contributed by atoms with Crippen LogP contribution in [0.4, 0.5) is 0 Å². The third-order valence-electron chi connectivity index (χ3n) is 3.20. The van der Waals surface area contributed by atoms with Gasteiger partial charge in [-0.2, -0.15) is 0 Å². The molecule has 0 amide bonds. The van der Waals surface area contributed by atoms with Gasteiger partial charge in [-0.05, 0) is 32.6 Å². The van der Waals surface area contributed by atoms with Crippen LogP contribution < -0.4 is 0 Å². The molecule has 76 valence electrons. The maximum Gasteiger partial charge on any atom is 0.109 e. The highest BCUT2D eigenvalue weighted by atomic mass is 16.4. The molecule has 1 aliphatic rings. The molecule has 2 unspecified atom stereocenters. The molecule has 0 heterocycles. The quantitative estimate of drug-likeness (QED) is 0.611. The lowest BCUT2D eigenvalue weighted by molar-refractivity contribution is -0.111. The van der Waals surface area contributed by atoms with Gasteiger partial charge >= 0.3 is 0 Å². The van der Waals surface area contributed by atoms with Gasteiger partial charge < -0.3 is 10.2 Å². The molecule has 1 aliphatic carbocycles. The Labute approximate surface area is 80.3 Å². The number of allylic oxidation sites excluding steroid dienone is 1. The Morgan fingerprint density at radius 2 is 1.85 bits per heavy atom. The van der Waals surface area contributed by atoms with Crippen molar-refractivity contribution in [3.05, 3.63) is 11.6 Å². The van der Waals surface area contributed by atoms with Crippen molar-refractivity contribution < 1.29 is 10.2 Å². The molecule has 0 aliphatic heterocycles. The van der Waals surface area contributed by atoms with Crippen LogP contribution in [0.25, 0.3) is 0 Å². The van der Waals surface area contributed by atoms with Gasteiger partial charge in [-0.3, -0.25) is 0 Å². The van der Waals surface area contributed by atoms with Crippen LogP contribution >= 0.6 is 0 Å². The fourth-order valence-corrected chi connectivity index (χ4v) is 1.68. The number of hydrogen-bond donors (Lipinski definition) is 2. The first-order valence-corrected chi connectivity index (χ1v) is 4.93. The number of aliphatic hydroxyl groups is 2. The van der Waals surface area contributed by atoms with E-state index in [2.05, 4.69) is 13.8 Å². The van der Waals surface area contributed by atoms with Gasteiger partial charge in [0.25, 0.3) is 0 Å². The molecule has 0 aromatic rings. The molecule has 13 heavy (non-hydrogen) atoms. The highest BCUT2D eigenvalue weighted by molar-refractivity contribution is 5.21. The zero-order chi connectivity index (χ0) is 10.3. The van der Waals surface area contributed by atoms with Crippen molar-refractivity contribution in [2.75, 3.05) is 0 Å². The molecule has 0 saturated heterocycles. The van der Waals surface area contributed by atoms with Crippen molar-refractivity contribution in [1.82, 2.24) is 0 Å². The summed E-state index contributed by atoms with van der Waals surface area (Å²) < 4.78 is 0. The van der Waals surface area contributed by atoms with Crippen molar-refractivity contribution in [3.8, 4) is 0 Å². The minimum atomic E-state index is -1.08. The molecule has 0 aromatic carbocycles. The normalized spacial score (nSPS) is 40.7. The van der Waals surface area contributed by atoms with Gasteiger partial charge in [-0.1, -0.05) is 25.5 Å². The van der Waals surface area contributed by atoms with Gasteiger partial charge in [0, 0.05) is 0 Å². The summed E-state index contributed by atoms with van der Waals surface area (Å²) in [6.45, 7) is 7.60. The van der Waals surface area contributed by atoms with Crippen LogP contribution in [0.3, 0.4) is 0 Å². The van der Waals surface area contributed by atoms with E-state index in [4.69, 9.17) is 0 Å². The van der Waals surface area contributed by atoms with Crippen molar-refractivity contribution >= 4 is 0 Å². The van der Waals surface area contributed by atoms with Gasteiger partial charge in [-0.15, -0.1) is 0 Å². The van der Waals surface area contributed by atoms with Crippen LogP contribution in [0.15, 0.2) is 11.6 Å². The molecule has 2 atom stereocenters. The molecule has 2 heteroatoms. The second kappa shape index (κ2) is 3.10. The molecule has 2 nitrogen and oxygen atoms in total. The lowest BCUT2D eigenvalue weighted by Gasteiger charge is -2.41. The van der Waals surface area contributed by atoms with E-state index in [0.717, 1.165) is 6.42 Å². The van der Waals surface area contributed by atoms with Crippen LogP contribution in [0.2, 0.25) is 0 Å². The minimum absolute atomic E-state index is 0.461. The predicted molar refractivity (Wildman–Crippen MR) is 53.4 cm³/mol. The van der Waals surface area contributed by atoms with Crippen LogP contribution in [0, 0.1) is 5.92 Å². The topological polar surface area (TPSA) is 40.5 Å². The molecule has 0 radical (unpaired) electrons. The number of hydrogen-bond acceptors (Lipinski definition) is 2. The molecule has 0 aromatic heterocycles. The standard InChI is InChI=1S/C11H20O2/c1-8(2)9-5-6-10(3,12)11(4,13)7-9/h7-8,12-13H,5-6H2,1-4H3. The van der Waals surface area contributed by atoms with Crippen LogP contribution in [0.5, 0.6) is 0 Å². The lowest BCUT2D eigenvalue weighted by atomic mass is 9.73. The fourth-order valence-electron chi connectivity index (χ4n) is 1.68. The summed E-state index contributed by atoms with van der Waals surface area (Å²) in [6.07, 6.45) is 3.35. The maximum absolute atomic E-state index is 10.00. The second-order valence-corrected chi connectivity index (χ2v) is 4.80. The average Bonchev–Trinajstić information content (AvgIpc) is 1.94. The summed E-state index contributed by atoms with van der Waals surface area (Å²) in [5.41, 5.74) is -0.812. The molecular weight excluding hydrogens is 164 g/mol. The van der Waals surface area contributed by atoms with E-state index >= 15 is 0 Å². The lowest BCUT2D eigenvalue weighted by Crippen LogP contribution is -2.50. The van der Waals surface area contributed by atoms with Crippen LogP contribution in [-0.2, 0) is 0 Å². The summed E-state index contributed by atoms with van der Waals surface area (Å²) >= 11 is 0. The van der Waals surface area contributed by atoms with E-state index in [1.54, 1.807) is 13.8 Å². The second-order valence-electron chi connectivity index (χ2n) is 4.80. The summed E-state index contributed by atoms with van der Waals surface area (Å²) in [4.78, 5) is 0. The third-order valence-corrected chi connectivity index (χ3v) is 3.20. The van der Waals surface area contributed by atoms with Crippen molar-refractivity contribution in [1.29, 1.82) is 0 Å². The molecule has 0 spiro atoms. The van der Waals surface area contributed by atoms with Gasteiger partial charge in [0.05, 0.1) is 5.60 Å². The third kappa shape index (κ3) is 1.94. The first-order chi connectivity index (χ1) is 5.76. The van der Waals surface area contributed by atoms with Gasteiger partial charge in [0.2, 0.25) is 0 Å². The molecule has 0 fully saturated rings. The van der Waals surface area contributed by atoms with E-state index in [1.165, 1.54) is 5.57 Å². The highest BCUT2D eigenvalue weighted by Crippen LogP contribution is 2.37. The van der Waals surface area contributed by atoms with E-state index in [9.17, 15) is 10.2 Å². The SMILES string of the molecule is CC(C)C1=CC(C)(O)C(C)(O)CC1. The van der Waals surface area contributed by atoms with Gasteiger partial charge in [0.15, 0.2) is 0 Å². The highest BCUT2D eigenvalue weighted by Gasteiger charge is 2.42. The van der Waals surface area contributed by atoms with E-state index < -0.39 is 11.2 Å². The van der Waals surface area contributed by atoms with Crippen LogP contribution in [0.1, 0.15) is 40.5 Å². The Kier molecular flexibility index (Phi) is 2.56. The van der Waals surface area contributed by atoms with Crippen molar-refractivity contribution in [2.45, 2.75) is 51.7 Å². The molecule has 0 saturated carbocycles. The monoisotopic (exact) mass is 184 g/mol. The fraction of sp³-hybridized carbons (Fsp3) is 0.818. The zero-order valence-electron chi connectivity index (χ0n) is 8.96. The first-order valence-electron chi connectivity index (χ1n) is 4.93. The Morgan fingerprint density at radius 1 is 1.31 bits per heavy atom. The molecular formula is C11H20O2.